The molecule has 6 rings (SSSR count). The number of para-hydroxylation sites is 1. The van der Waals surface area contributed by atoms with Crippen molar-refractivity contribution in [2.45, 2.75) is 19.4 Å². The number of fused-ring (bicyclic) bond motifs is 3. The van der Waals surface area contributed by atoms with E-state index in [9.17, 15) is 4.79 Å². The van der Waals surface area contributed by atoms with Crippen molar-refractivity contribution in [3.8, 4) is 17.6 Å². The average molecular weight is 474 g/mol. The van der Waals surface area contributed by atoms with Crippen LogP contribution < -0.4 is 9.47 Å². The van der Waals surface area contributed by atoms with Gasteiger partial charge in [-0.3, -0.25) is 4.79 Å². The van der Waals surface area contributed by atoms with Crippen molar-refractivity contribution < 1.29 is 14.3 Å². The van der Waals surface area contributed by atoms with Crippen LogP contribution in [0.4, 0.5) is 0 Å². The highest BCUT2D eigenvalue weighted by atomic mass is 16.7. The van der Waals surface area contributed by atoms with E-state index < -0.39 is 0 Å². The van der Waals surface area contributed by atoms with Gasteiger partial charge < -0.3 is 14.4 Å². The summed E-state index contributed by atoms with van der Waals surface area (Å²) in [6.07, 6.45) is 3.70. The number of hydrogen-bond acceptors (Lipinski definition) is 5. The first kappa shape index (κ1) is 21.9. The Balaban J connectivity index is 1.39. The van der Waals surface area contributed by atoms with Crippen LogP contribution in [0, 0.1) is 11.3 Å². The molecule has 0 saturated heterocycles. The van der Waals surface area contributed by atoms with Gasteiger partial charge in [-0.15, -0.1) is 0 Å². The Kier molecular flexibility index (Phi) is 5.38. The lowest BCUT2D eigenvalue weighted by Gasteiger charge is -2.20. The second-order valence-corrected chi connectivity index (χ2v) is 9.08. The second kappa shape index (κ2) is 8.86. The van der Waals surface area contributed by atoms with Gasteiger partial charge in [-0.05, 0) is 71.5 Å². The number of nitrogens with zero attached hydrogens (tertiary/aromatic N) is 3. The van der Waals surface area contributed by atoms with E-state index in [4.69, 9.17) is 19.7 Å². The molecular formula is C30H23N3O3. The molecule has 6 heteroatoms. The van der Waals surface area contributed by atoms with Gasteiger partial charge in [0.05, 0.1) is 28.4 Å². The summed E-state index contributed by atoms with van der Waals surface area (Å²) >= 11 is 0. The molecule has 0 radical (unpaired) electrons. The van der Waals surface area contributed by atoms with Crippen molar-refractivity contribution in [2.24, 2.45) is 0 Å². The number of carbonyl (C=O) groups excluding carboxylic acids is 1. The smallest absolute Gasteiger partial charge is 0.254 e. The van der Waals surface area contributed by atoms with E-state index in [1.165, 1.54) is 0 Å². The fraction of sp³-hybridized carbons (Fsp3) is 0.167. The van der Waals surface area contributed by atoms with Gasteiger partial charge in [0.15, 0.2) is 11.5 Å². The highest BCUT2D eigenvalue weighted by Crippen LogP contribution is 2.39. The first-order valence-electron chi connectivity index (χ1n) is 11.9. The number of carbonyl (C=O) groups is 1. The van der Waals surface area contributed by atoms with Crippen LogP contribution in [-0.2, 0) is 13.0 Å². The molecule has 2 heterocycles. The normalized spacial score (nSPS) is 14.6. The van der Waals surface area contributed by atoms with Gasteiger partial charge >= 0.3 is 0 Å². The summed E-state index contributed by atoms with van der Waals surface area (Å²) < 4.78 is 11.0. The van der Waals surface area contributed by atoms with Crippen molar-refractivity contribution >= 4 is 28.5 Å². The maximum absolute atomic E-state index is 13.8. The van der Waals surface area contributed by atoms with Crippen LogP contribution >= 0.6 is 0 Å². The highest BCUT2D eigenvalue weighted by molar-refractivity contribution is 6.09. The average Bonchev–Trinajstić information content (AvgIpc) is 3.54. The molecule has 6 nitrogen and oxygen atoms in total. The molecule has 2 aliphatic rings. The summed E-state index contributed by atoms with van der Waals surface area (Å²) in [5.41, 5.74) is 7.13. The number of allylic oxidation sites excluding steroid dienone is 1. The Morgan fingerprint density at radius 1 is 1.06 bits per heavy atom. The number of pyridine rings is 1. The molecule has 0 bridgehead atoms. The molecule has 1 aromatic heterocycles. The van der Waals surface area contributed by atoms with Crippen LogP contribution in [0.25, 0.3) is 22.6 Å². The minimum Gasteiger partial charge on any atom is -0.454 e. The molecule has 0 atom stereocenters. The summed E-state index contributed by atoms with van der Waals surface area (Å²) in [5, 5.41) is 9.93. The maximum Gasteiger partial charge on any atom is 0.254 e. The standard InChI is InChI=1S/C30H23N3O3/c1-33(17-20-8-6-19(16-31)7-9-20)30(34)28-23-4-2-3-5-25(23)32-29-22(11-12-24(28)29)14-21-10-13-26-27(15-21)36-18-35-26/h2-10,13-15H,11-12,17-18H2,1H3/b22-14+. The Hall–Kier alpha value is -4.63. The first-order valence-corrected chi connectivity index (χ1v) is 11.9. The number of hydrogen-bond donors (Lipinski definition) is 0. The number of amides is 1. The molecule has 1 aliphatic carbocycles. The summed E-state index contributed by atoms with van der Waals surface area (Å²) in [6.45, 7) is 0.697. The Labute approximate surface area is 209 Å². The molecule has 1 amide bonds. The zero-order chi connectivity index (χ0) is 24.6. The third-order valence-corrected chi connectivity index (χ3v) is 6.74. The van der Waals surface area contributed by atoms with Crippen LogP contribution in [0.15, 0.2) is 66.7 Å². The zero-order valence-electron chi connectivity index (χ0n) is 19.8. The highest BCUT2D eigenvalue weighted by Gasteiger charge is 2.28. The van der Waals surface area contributed by atoms with Gasteiger partial charge in [-0.25, -0.2) is 4.98 Å². The first-order chi connectivity index (χ1) is 17.6. The third-order valence-electron chi connectivity index (χ3n) is 6.74. The van der Waals surface area contributed by atoms with Gasteiger partial charge in [0.2, 0.25) is 6.79 Å². The van der Waals surface area contributed by atoms with Crippen LogP contribution in [0.1, 0.15) is 44.7 Å². The molecule has 36 heavy (non-hydrogen) atoms. The number of ether oxygens (including phenoxy) is 2. The van der Waals surface area contributed by atoms with E-state index in [0.29, 0.717) is 12.1 Å². The minimum absolute atomic E-state index is 0.0291. The van der Waals surface area contributed by atoms with E-state index in [2.05, 4.69) is 12.1 Å². The molecule has 4 aromatic rings. The monoisotopic (exact) mass is 473 g/mol. The summed E-state index contributed by atoms with van der Waals surface area (Å²) in [4.78, 5) is 20.6. The zero-order valence-corrected chi connectivity index (χ0v) is 19.8. The largest absolute Gasteiger partial charge is 0.454 e. The molecule has 0 N–H and O–H groups in total. The van der Waals surface area contributed by atoms with Crippen molar-refractivity contribution in [3.63, 3.8) is 0 Å². The van der Waals surface area contributed by atoms with Crippen LogP contribution in [-0.4, -0.2) is 29.6 Å². The summed E-state index contributed by atoms with van der Waals surface area (Å²) in [6, 6.07) is 23.2. The molecule has 0 saturated carbocycles. The van der Waals surface area contributed by atoms with Crippen LogP contribution in [0.3, 0.4) is 0 Å². The lowest BCUT2D eigenvalue weighted by Crippen LogP contribution is -2.27. The summed E-state index contributed by atoms with van der Waals surface area (Å²) in [5.74, 6) is 1.47. The molecule has 1 aliphatic heterocycles. The molecule has 0 unspecified atom stereocenters. The van der Waals surface area contributed by atoms with Gasteiger partial charge in [-0.1, -0.05) is 36.4 Å². The Morgan fingerprint density at radius 2 is 1.86 bits per heavy atom. The lowest BCUT2D eigenvalue weighted by molar-refractivity contribution is 0.0786. The predicted molar refractivity (Wildman–Crippen MR) is 137 cm³/mol. The van der Waals surface area contributed by atoms with E-state index in [0.717, 1.165) is 68.8 Å². The van der Waals surface area contributed by atoms with E-state index in [1.54, 1.807) is 17.0 Å². The van der Waals surface area contributed by atoms with Crippen molar-refractivity contribution in [1.82, 2.24) is 9.88 Å². The van der Waals surface area contributed by atoms with Crippen LogP contribution in [0.2, 0.25) is 0 Å². The van der Waals surface area contributed by atoms with E-state index >= 15 is 0 Å². The predicted octanol–water partition coefficient (Wildman–Crippen LogP) is 5.59. The lowest BCUT2D eigenvalue weighted by atomic mass is 9.99. The van der Waals surface area contributed by atoms with Crippen molar-refractivity contribution in [2.75, 3.05) is 13.8 Å². The fourth-order valence-electron chi connectivity index (χ4n) is 4.95. The fourth-order valence-corrected chi connectivity index (χ4v) is 4.95. The summed E-state index contributed by atoms with van der Waals surface area (Å²) in [7, 11) is 1.82. The van der Waals surface area contributed by atoms with Gasteiger partial charge in [0.1, 0.15) is 0 Å². The molecule has 0 spiro atoms. The quantitative estimate of drug-likeness (QED) is 0.386. The SMILES string of the molecule is CN(Cc1ccc(C#N)cc1)C(=O)c1c2c(nc3ccccc13)/C(=C/c1ccc3c(c1)OCO3)CC2. The van der Waals surface area contributed by atoms with Gasteiger partial charge in [0, 0.05) is 19.0 Å². The van der Waals surface area contributed by atoms with E-state index in [1.807, 2.05) is 61.6 Å². The number of aromatic nitrogens is 1. The molecule has 0 fully saturated rings. The Bertz CT molecular complexity index is 1580. The topological polar surface area (TPSA) is 75.5 Å². The molecular weight excluding hydrogens is 450 g/mol. The van der Waals surface area contributed by atoms with Crippen LogP contribution in [0.5, 0.6) is 11.5 Å². The molecule has 176 valence electrons. The van der Waals surface area contributed by atoms with E-state index in [-0.39, 0.29) is 12.7 Å². The third kappa shape index (κ3) is 3.85. The Morgan fingerprint density at radius 3 is 2.69 bits per heavy atom. The van der Waals surface area contributed by atoms with Gasteiger partial charge in [-0.2, -0.15) is 5.26 Å². The second-order valence-electron chi connectivity index (χ2n) is 9.08. The van der Waals surface area contributed by atoms with Crippen molar-refractivity contribution in [1.29, 1.82) is 5.26 Å². The number of benzene rings is 3. The van der Waals surface area contributed by atoms with Crippen molar-refractivity contribution in [3.05, 3.63) is 100 Å². The number of rotatable bonds is 4. The minimum atomic E-state index is -0.0291. The molecule has 3 aromatic carbocycles. The number of nitriles is 1. The maximum atomic E-state index is 13.8. The van der Waals surface area contributed by atoms with Gasteiger partial charge in [0.25, 0.3) is 5.91 Å².